The van der Waals surface area contributed by atoms with Gasteiger partial charge in [0.05, 0.1) is 24.7 Å². The average Bonchev–Trinajstić information content (AvgIpc) is 2.89. The normalized spacial score (nSPS) is 14.3. The highest BCUT2D eigenvalue weighted by Gasteiger charge is 2.32. The molecule has 0 saturated carbocycles. The maximum atomic E-state index is 12.5. The highest BCUT2D eigenvalue weighted by Crippen LogP contribution is 2.45. The van der Waals surface area contributed by atoms with Gasteiger partial charge in [-0.2, -0.15) is 5.26 Å². The first-order valence-electron chi connectivity index (χ1n) is 11.9. The summed E-state index contributed by atoms with van der Waals surface area (Å²) in [6.45, 7) is 5.07. The minimum atomic E-state index is -0.485. The fourth-order valence-electron chi connectivity index (χ4n) is 4.00. The third kappa shape index (κ3) is 5.28. The Morgan fingerprint density at radius 2 is 1.83 bits per heavy atom. The number of carbonyl (C=O) groups is 1. The van der Waals surface area contributed by atoms with Crippen molar-refractivity contribution in [2.45, 2.75) is 32.6 Å². The van der Waals surface area contributed by atoms with Gasteiger partial charge in [0.2, 0.25) is 5.88 Å². The number of carbonyl (C=O) groups excluding carboxylic acids is 1. The first kappa shape index (κ1) is 24.7. The summed E-state index contributed by atoms with van der Waals surface area (Å²) in [6.07, 6.45) is 1.97. The number of nitriles is 1. The Hall–Kier alpha value is -4.44. The van der Waals surface area contributed by atoms with Crippen molar-refractivity contribution < 1.29 is 23.7 Å². The highest BCUT2D eigenvalue weighted by molar-refractivity contribution is 5.91. The number of nitrogens with zero attached hydrogens (tertiary/aromatic N) is 1. The van der Waals surface area contributed by atoms with E-state index in [0.717, 1.165) is 24.0 Å². The summed E-state index contributed by atoms with van der Waals surface area (Å²) >= 11 is 0. The molecule has 0 amide bonds. The van der Waals surface area contributed by atoms with Gasteiger partial charge in [-0.25, -0.2) is 4.79 Å². The summed E-state index contributed by atoms with van der Waals surface area (Å²) in [5.74, 6) is 1.01. The first-order chi connectivity index (χ1) is 17.5. The van der Waals surface area contributed by atoms with Crippen molar-refractivity contribution in [3.63, 3.8) is 0 Å². The number of esters is 1. The van der Waals surface area contributed by atoms with Gasteiger partial charge in [-0.15, -0.1) is 0 Å². The molecule has 1 heterocycles. The first-order valence-corrected chi connectivity index (χ1v) is 11.9. The van der Waals surface area contributed by atoms with E-state index < -0.39 is 11.9 Å². The van der Waals surface area contributed by atoms with E-state index in [9.17, 15) is 10.1 Å². The maximum absolute atomic E-state index is 12.5. The molecule has 2 N–H and O–H groups in total. The van der Waals surface area contributed by atoms with Crippen molar-refractivity contribution in [2.24, 2.45) is 5.73 Å². The van der Waals surface area contributed by atoms with Gasteiger partial charge in [-0.3, -0.25) is 0 Å². The lowest BCUT2D eigenvalue weighted by molar-refractivity contribution is 0.0734. The highest BCUT2D eigenvalue weighted by atomic mass is 16.5. The second-order valence-corrected chi connectivity index (χ2v) is 8.22. The molecule has 184 valence electrons. The monoisotopic (exact) mass is 484 g/mol. The van der Waals surface area contributed by atoms with Gasteiger partial charge >= 0.3 is 5.97 Å². The molecule has 7 heteroatoms. The molecule has 0 bridgehead atoms. The largest absolute Gasteiger partial charge is 0.490 e. The van der Waals surface area contributed by atoms with Gasteiger partial charge in [-0.1, -0.05) is 43.7 Å². The van der Waals surface area contributed by atoms with Gasteiger partial charge < -0.3 is 24.7 Å². The van der Waals surface area contributed by atoms with Crippen LogP contribution in [0.3, 0.4) is 0 Å². The second kappa shape index (κ2) is 11.3. The Balaban J connectivity index is 1.68. The summed E-state index contributed by atoms with van der Waals surface area (Å²) in [7, 11) is 0. The topological polar surface area (TPSA) is 104 Å². The van der Waals surface area contributed by atoms with Crippen molar-refractivity contribution in [3.8, 4) is 29.1 Å². The fourth-order valence-corrected chi connectivity index (χ4v) is 4.00. The molecule has 7 nitrogen and oxygen atoms in total. The number of unbranched alkanes of at least 4 members (excludes halogenated alkanes) is 1. The Kier molecular flexibility index (Phi) is 7.76. The predicted molar refractivity (Wildman–Crippen MR) is 135 cm³/mol. The third-order valence-corrected chi connectivity index (χ3v) is 5.77. The Morgan fingerprint density at radius 1 is 1.03 bits per heavy atom. The molecule has 1 atom stereocenters. The van der Waals surface area contributed by atoms with Gasteiger partial charge in [-0.05, 0) is 49.2 Å². The molecular weight excluding hydrogens is 456 g/mol. The maximum Gasteiger partial charge on any atom is 0.343 e. The van der Waals surface area contributed by atoms with Crippen LogP contribution in [0, 0.1) is 11.3 Å². The van der Waals surface area contributed by atoms with Crippen molar-refractivity contribution in [1.82, 2.24) is 0 Å². The number of rotatable bonds is 9. The number of benzene rings is 3. The van der Waals surface area contributed by atoms with Gasteiger partial charge in [0.1, 0.15) is 23.1 Å². The van der Waals surface area contributed by atoms with Crippen molar-refractivity contribution in [2.75, 3.05) is 13.2 Å². The fraction of sp³-hybridized carbons (Fsp3) is 0.241. The summed E-state index contributed by atoms with van der Waals surface area (Å²) in [5.41, 5.74) is 8.41. The van der Waals surface area contributed by atoms with E-state index in [1.165, 1.54) is 0 Å². The number of hydrogen-bond acceptors (Lipinski definition) is 7. The Morgan fingerprint density at radius 3 is 2.56 bits per heavy atom. The van der Waals surface area contributed by atoms with E-state index in [0.29, 0.717) is 47.3 Å². The molecule has 0 saturated heterocycles. The molecule has 36 heavy (non-hydrogen) atoms. The van der Waals surface area contributed by atoms with Gasteiger partial charge in [0.15, 0.2) is 11.5 Å². The number of hydrogen-bond donors (Lipinski definition) is 1. The van der Waals surface area contributed by atoms with Crippen LogP contribution < -0.4 is 24.7 Å². The second-order valence-electron chi connectivity index (χ2n) is 8.22. The van der Waals surface area contributed by atoms with Crippen LogP contribution in [0.1, 0.15) is 54.1 Å². The van der Waals surface area contributed by atoms with Crippen LogP contribution in [0.25, 0.3) is 0 Å². The SMILES string of the molecule is CCCCOc1ccc(C2C(C#N)=C(N)Oc3cc(OC(=O)c4ccccc4)ccc32)cc1OCC. The lowest BCUT2D eigenvalue weighted by Crippen LogP contribution is -2.21. The molecule has 0 aromatic heterocycles. The Bertz CT molecular complexity index is 1310. The molecule has 0 spiro atoms. The minimum Gasteiger partial charge on any atom is -0.490 e. The Labute approximate surface area is 210 Å². The van der Waals surface area contributed by atoms with Crippen LogP contribution in [-0.4, -0.2) is 19.2 Å². The molecule has 3 aromatic rings. The zero-order valence-corrected chi connectivity index (χ0v) is 20.3. The van der Waals surface area contributed by atoms with E-state index in [-0.39, 0.29) is 5.88 Å². The van der Waals surface area contributed by atoms with Crippen LogP contribution in [0.2, 0.25) is 0 Å². The molecule has 1 aliphatic heterocycles. The van der Waals surface area contributed by atoms with E-state index in [1.807, 2.05) is 31.2 Å². The van der Waals surface area contributed by atoms with Crippen molar-refractivity contribution in [3.05, 3.63) is 94.9 Å². The molecule has 4 rings (SSSR count). The smallest absolute Gasteiger partial charge is 0.343 e. The van der Waals surface area contributed by atoms with Gasteiger partial charge in [0.25, 0.3) is 0 Å². The molecular formula is C29H28N2O5. The molecule has 0 radical (unpaired) electrons. The summed E-state index contributed by atoms with van der Waals surface area (Å²) in [6, 6.07) is 21.6. The van der Waals surface area contributed by atoms with E-state index in [1.54, 1.807) is 42.5 Å². The molecule has 1 unspecified atom stereocenters. The molecule has 0 aliphatic carbocycles. The number of fused-ring (bicyclic) bond motifs is 1. The van der Waals surface area contributed by atoms with E-state index in [2.05, 4.69) is 13.0 Å². The lowest BCUT2D eigenvalue weighted by Gasteiger charge is -2.27. The van der Waals surface area contributed by atoms with E-state index in [4.69, 9.17) is 24.7 Å². The predicted octanol–water partition coefficient (Wildman–Crippen LogP) is 5.70. The average molecular weight is 485 g/mol. The zero-order chi connectivity index (χ0) is 25.5. The van der Waals surface area contributed by atoms with Crippen LogP contribution >= 0.6 is 0 Å². The summed E-state index contributed by atoms with van der Waals surface area (Å²) in [4.78, 5) is 12.5. The van der Waals surface area contributed by atoms with Crippen LogP contribution in [0.5, 0.6) is 23.0 Å². The van der Waals surface area contributed by atoms with E-state index >= 15 is 0 Å². The lowest BCUT2D eigenvalue weighted by atomic mass is 9.83. The molecule has 3 aromatic carbocycles. The van der Waals surface area contributed by atoms with Crippen LogP contribution in [-0.2, 0) is 0 Å². The zero-order valence-electron chi connectivity index (χ0n) is 20.3. The van der Waals surface area contributed by atoms with Crippen LogP contribution in [0.4, 0.5) is 0 Å². The quantitative estimate of drug-likeness (QED) is 0.236. The molecule has 0 fully saturated rings. The van der Waals surface area contributed by atoms with Gasteiger partial charge in [0, 0.05) is 11.6 Å². The number of nitrogens with two attached hydrogens (primary N) is 1. The number of ether oxygens (including phenoxy) is 4. The van der Waals surface area contributed by atoms with Crippen LogP contribution in [0.15, 0.2) is 78.2 Å². The summed E-state index contributed by atoms with van der Waals surface area (Å²) in [5, 5.41) is 9.90. The third-order valence-electron chi connectivity index (χ3n) is 5.77. The minimum absolute atomic E-state index is 0.00256. The number of allylic oxidation sites excluding steroid dienone is 1. The van der Waals surface area contributed by atoms with Crippen molar-refractivity contribution in [1.29, 1.82) is 5.26 Å². The molecule has 1 aliphatic rings. The van der Waals surface area contributed by atoms with Crippen molar-refractivity contribution >= 4 is 5.97 Å². The standard InChI is InChI=1S/C29H28N2O5/c1-3-5-15-34-24-14-11-20(16-26(24)33-4-2)27-22-13-12-21(17-25(22)36-28(31)23(27)18-30)35-29(32)19-9-7-6-8-10-19/h6-14,16-17,27H,3-5,15,31H2,1-2H3. The summed E-state index contributed by atoms with van der Waals surface area (Å²) < 4.78 is 23.1.